The highest BCUT2D eigenvalue weighted by atomic mass is 16.5. The largest absolute Gasteiger partial charge is 0.381 e. The van der Waals surface area contributed by atoms with Crippen molar-refractivity contribution in [3.05, 3.63) is 34.9 Å². The van der Waals surface area contributed by atoms with Gasteiger partial charge in [0, 0.05) is 45.4 Å². The van der Waals surface area contributed by atoms with Crippen molar-refractivity contribution in [2.75, 3.05) is 39.4 Å². The van der Waals surface area contributed by atoms with Gasteiger partial charge in [0.1, 0.15) is 0 Å². The molecule has 2 heterocycles. The van der Waals surface area contributed by atoms with Gasteiger partial charge >= 0.3 is 0 Å². The number of nitrogens with one attached hydrogen (secondary N) is 1. The van der Waals surface area contributed by atoms with E-state index >= 15 is 0 Å². The number of rotatable bonds is 3. The van der Waals surface area contributed by atoms with Gasteiger partial charge in [-0.05, 0) is 49.3 Å². The second kappa shape index (κ2) is 6.91. The molecule has 2 aliphatic rings. The average molecular weight is 288 g/mol. The highest BCUT2D eigenvalue weighted by Crippen LogP contribution is 2.37. The molecule has 0 radical (unpaired) electrons. The minimum absolute atomic E-state index is 0.566. The van der Waals surface area contributed by atoms with Crippen LogP contribution in [0.25, 0.3) is 0 Å². The van der Waals surface area contributed by atoms with Crippen LogP contribution in [0.3, 0.4) is 0 Å². The van der Waals surface area contributed by atoms with E-state index in [4.69, 9.17) is 4.74 Å². The first-order valence-corrected chi connectivity index (χ1v) is 8.36. The molecular formula is C18H28N2O. The lowest BCUT2D eigenvalue weighted by Crippen LogP contribution is -2.47. The number of piperazine rings is 1. The van der Waals surface area contributed by atoms with Gasteiger partial charge in [-0.2, -0.15) is 0 Å². The van der Waals surface area contributed by atoms with Gasteiger partial charge in [0.15, 0.2) is 0 Å². The summed E-state index contributed by atoms with van der Waals surface area (Å²) >= 11 is 0. The molecule has 0 unspecified atom stereocenters. The van der Waals surface area contributed by atoms with E-state index in [1.165, 1.54) is 24.0 Å². The second-order valence-electron chi connectivity index (χ2n) is 6.47. The SMILES string of the molecule is Cc1cccc([C@@H](C2CCOCC2)N2CCNCC2)c1C. The monoisotopic (exact) mass is 288 g/mol. The maximum atomic E-state index is 5.60. The van der Waals surface area contributed by atoms with Crippen molar-refractivity contribution in [1.29, 1.82) is 0 Å². The van der Waals surface area contributed by atoms with E-state index in [1.54, 1.807) is 5.56 Å². The summed E-state index contributed by atoms with van der Waals surface area (Å²) in [7, 11) is 0. The second-order valence-corrected chi connectivity index (χ2v) is 6.47. The van der Waals surface area contributed by atoms with Crippen LogP contribution in [0, 0.1) is 19.8 Å². The Morgan fingerprint density at radius 2 is 1.86 bits per heavy atom. The van der Waals surface area contributed by atoms with Gasteiger partial charge < -0.3 is 10.1 Å². The predicted octanol–water partition coefficient (Wildman–Crippen LogP) is 2.68. The fraction of sp³-hybridized carbons (Fsp3) is 0.667. The molecule has 0 saturated carbocycles. The summed E-state index contributed by atoms with van der Waals surface area (Å²) in [5.74, 6) is 0.734. The summed E-state index contributed by atoms with van der Waals surface area (Å²) in [6, 6.07) is 7.38. The highest BCUT2D eigenvalue weighted by Gasteiger charge is 2.32. The molecule has 1 aromatic rings. The van der Waals surface area contributed by atoms with Crippen LogP contribution >= 0.6 is 0 Å². The van der Waals surface area contributed by atoms with Crippen molar-refractivity contribution >= 4 is 0 Å². The summed E-state index contributed by atoms with van der Waals surface area (Å²) in [4.78, 5) is 2.70. The maximum absolute atomic E-state index is 5.60. The lowest BCUT2D eigenvalue weighted by Gasteiger charge is -2.42. The van der Waals surface area contributed by atoms with Crippen LogP contribution in [0.4, 0.5) is 0 Å². The quantitative estimate of drug-likeness (QED) is 0.925. The fourth-order valence-electron chi connectivity index (χ4n) is 3.83. The third-order valence-corrected chi connectivity index (χ3v) is 5.22. The van der Waals surface area contributed by atoms with Gasteiger partial charge in [-0.3, -0.25) is 4.90 Å². The average Bonchev–Trinajstić information content (AvgIpc) is 2.54. The van der Waals surface area contributed by atoms with Crippen molar-refractivity contribution in [2.45, 2.75) is 32.7 Å². The molecule has 1 aromatic carbocycles. The Labute approximate surface area is 128 Å². The van der Waals surface area contributed by atoms with Crippen LogP contribution in [0.2, 0.25) is 0 Å². The Bertz CT molecular complexity index is 444. The van der Waals surface area contributed by atoms with E-state index < -0.39 is 0 Å². The molecule has 1 N–H and O–H groups in total. The van der Waals surface area contributed by atoms with Gasteiger partial charge in [0.05, 0.1) is 0 Å². The van der Waals surface area contributed by atoms with Crippen LogP contribution in [-0.4, -0.2) is 44.3 Å². The van der Waals surface area contributed by atoms with Crippen LogP contribution in [0.15, 0.2) is 18.2 Å². The molecule has 21 heavy (non-hydrogen) atoms. The van der Waals surface area contributed by atoms with Gasteiger partial charge in [-0.15, -0.1) is 0 Å². The molecule has 2 fully saturated rings. The van der Waals surface area contributed by atoms with E-state index in [0.29, 0.717) is 6.04 Å². The van der Waals surface area contributed by atoms with Crippen LogP contribution in [-0.2, 0) is 4.74 Å². The lowest BCUT2D eigenvalue weighted by molar-refractivity contribution is 0.0211. The smallest absolute Gasteiger partial charge is 0.0469 e. The molecule has 0 aliphatic carbocycles. The number of hydrogen-bond donors (Lipinski definition) is 1. The minimum Gasteiger partial charge on any atom is -0.381 e. The molecule has 0 amide bonds. The molecule has 2 saturated heterocycles. The molecule has 0 aromatic heterocycles. The molecule has 2 aliphatic heterocycles. The zero-order valence-corrected chi connectivity index (χ0v) is 13.4. The van der Waals surface area contributed by atoms with E-state index in [-0.39, 0.29) is 0 Å². The first-order chi connectivity index (χ1) is 10.3. The first-order valence-electron chi connectivity index (χ1n) is 8.36. The highest BCUT2D eigenvalue weighted by molar-refractivity contribution is 5.36. The molecule has 0 spiro atoms. The Morgan fingerprint density at radius 3 is 2.57 bits per heavy atom. The summed E-state index contributed by atoms with van der Waals surface area (Å²) in [6.45, 7) is 10.9. The van der Waals surface area contributed by atoms with Gasteiger partial charge in [0.25, 0.3) is 0 Å². The molecule has 3 rings (SSSR count). The van der Waals surface area contributed by atoms with E-state index in [0.717, 1.165) is 45.3 Å². The maximum Gasteiger partial charge on any atom is 0.0469 e. The number of nitrogens with zero attached hydrogens (tertiary/aromatic N) is 1. The summed E-state index contributed by atoms with van der Waals surface area (Å²) in [5, 5.41) is 3.48. The van der Waals surface area contributed by atoms with Crippen molar-refractivity contribution < 1.29 is 4.74 Å². The molecule has 1 atom stereocenters. The normalized spacial score (nSPS) is 23.1. The van der Waals surface area contributed by atoms with Crippen LogP contribution in [0.5, 0.6) is 0 Å². The topological polar surface area (TPSA) is 24.5 Å². The summed E-state index contributed by atoms with van der Waals surface area (Å²) in [6.07, 6.45) is 2.39. The molecule has 3 heteroatoms. The Morgan fingerprint density at radius 1 is 1.14 bits per heavy atom. The summed E-state index contributed by atoms with van der Waals surface area (Å²) in [5.41, 5.74) is 4.44. The van der Waals surface area contributed by atoms with E-state index in [9.17, 15) is 0 Å². The molecular weight excluding hydrogens is 260 g/mol. The Hall–Kier alpha value is -0.900. The van der Waals surface area contributed by atoms with Gasteiger partial charge in [-0.1, -0.05) is 18.2 Å². The summed E-state index contributed by atoms with van der Waals surface area (Å²) < 4.78 is 5.60. The van der Waals surface area contributed by atoms with Gasteiger partial charge in [-0.25, -0.2) is 0 Å². The van der Waals surface area contributed by atoms with Crippen molar-refractivity contribution in [1.82, 2.24) is 10.2 Å². The van der Waals surface area contributed by atoms with Gasteiger partial charge in [0.2, 0.25) is 0 Å². The first kappa shape index (κ1) is 15.0. The number of ether oxygens (including phenoxy) is 1. The van der Waals surface area contributed by atoms with Crippen molar-refractivity contribution in [3.63, 3.8) is 0 Å². The number of aryl methyl sites for hydroxylation is 1. The minimum atomic E-state index is 0.566. The molecule has 0 bridgehead atoms. The van der Waals surface area contributed by atoms with E-state index in [2.05, 4.69) is 42.3 Å². The third kappa shape index (κ3) is 3.31. The molecule has 116 valence electrons. The van der Waals surface area contributed by atoms with E-state index in [1.807, 2.05) is 0 Å². The molecule has 3 nitrogen and oxygen atoms in total. The zero-order chi connectivity index (χ0) is 14.7. The Balaban J connectivity index is 1.91. The van der Waals surface area contributed by atoms with Crippen molar-refractivity contribution in [3.8, 4) is 0 Å². The fourth-order valence-corrected chi connectivity index (χ4v) is 3.83. The van der Waals surface area contributed by atoms with Crippen LogP contribution < -0.4 is 5.32 Å². The number of benzene rings is 1. The predicted molar refractivity (Wildman–Crippen MR) is 86.6 cm³/mol. The lowest BCUT2D eigenvalue weighted by atomic mass is 9.83. The zero-order valence-electron chi connectivity index (χ0n) is 13.4. The van der Waals surface area contributed by atoms with Crippen molar-refractivity contribution in [2.24, 2.45) is 5.92 Å². The Kier molecular flexibility index (Phi) is 4.94. The van der Waals surface area contributed by atoms with Crippen LogP contribution in [0.1, 0.15) is 35.6 Å². The standard InChI is InChI=1S/C18H28N2O/c1-14-4-3-5-17(15(14)2)18(16-6-12-21-13-7-16)20-10-8-19-9-11-20/h3-5,16,18-19H,6-13H2,1-2H3/t18-/m1/s1. The number of hydrogen-bond acceptors (Lipinski definition) is 3. The third-order valence-electron chi connectivity index (χ3n) is 5.22.